The average molecular weight is 200 g/mol. The molecule has 0 fully saturated rings. The zero-order valence-corrected chi connectivity index (χ0v) is 7.36. The number of hydrogen-bond acceptors (Lipinski definition) is 5. The molecule has 6 heteroatoms. The molecule has 0 aromatic carbocycles. The van der Waals surface area contributed by atoms with Crippen molar-refractivity contribution in [2.75, 3.05) is 0 Å². The molecule has 1 heterocycles. The fourth-order valence-corrected chi connectivity index (χ4v) is 0.836. The van der Waals surface area contributed by atoms with Crippen LogP contribution in [0.4, 0.5) is 0 Å². The van der Waals surface area contributed by atoms with E-state index in [4.69, 9.17) is 11.6 Å². The third-order valence-corrected chi connectivity index (χ3v) is 1.46. The number of hydrogen-bond donors (Lipinski definition) is 0. The summed E-state index contributed by atoms with van der Waals surface area (Å²) in [5.74, 6) is -0.307. The van der Waals surface area contributed by atoms with Crippen LogP contribution in [0, 0.1) is 0 Å². The zero-order chi connectivity index (χ0) is 9.68. The van der Waals surface area contributed by atoms with E-state index < -0.39 is 0 Å². The Morgan fingerprint density at radius 3 is 2.92 bits per heavy atom. The molecule has 0 aliphatic heterocycles. The van der Waals surface area contributed by atoms with Crippen LogP contribution in [-0.2, 0) is 4.79 Å². The first kappa shape index (κ1) is 9.73. The number of aldehydes is 1. The van der Waals surface area contributed by atoms with Gasteiger partial charge in [-0.1, -0.05) is 0 Å². The Morgan fingerprint density at radius 1 is 1.54 bits per heavy atom. The van der Waals surface area contributed by atoms with E-state index in [9.17, 15) is 9.59 Å². The van der Waals surface area contributed by atoms with E-state index in [2.05, 4.69) is 15.0 Å². The van der Waals surface area contributed by atoms with Crippen molar-refractivity contribution in [1.82, 2.24) is 15.0 Å². The van der Waals surface area contributed by atoms with E-state index in [0.717, 1.165) is 6.33 Å². The van der Waals surface area contributed by atoms with Crippen molar-refractivity contribution in [2.45, 2.75) is 12.8 Å². The lowest BCUT2D eigenvalue weighted by Gasteiger charge is -1.95. The highest BCUT2D eigenvalue weighted by Gasteiger charge is 2.08. The van der Waals surface area contributed by atoms with E-state index >= 15 is 0 Å². The van der Waals surface area contributed by atoms with Crippen LogP contribution in [0.15, 0.2) is 6.33 Å². The lowest BCUT2D eigenvalue weighted by Crippen LogP contribution is -2.06. The van der Waals surface area contributed by atoms with Crippen LogP contribution in [0.25, 0.3) is 0 Å². The summed E-state index contributed by atoms with van der Waals surface area (Å²) in [4.78, 5) is 31.9. The summed E-state index contributed by atoms with van der Waals surface area (Å²) in [6, 6.07) is 0. The van der Waals surface area contributed by atoms with Crippen molar-refractivity contribution in [3.05, 3.63) is 17.4 Å². The molecule has 1 aromatic rings. The monoisotopic (exact) mass is 199 g/mol. The predicted molar refractivity (Wildman–Crippen MR) is 44.5 cm³/mol. The third kappa shape index (κ3) is 2.87. The second-order valence-corrected chi connectivity index (χ2v) is 2.54. The van der Waals surface area contributed by atoms with Gasteiger partial charge in [0.15, 0.2) is 5.82 Å². The topological polar surface area (TPSA) is 72.8 Å². The number of carbonyl (C=O) groups excluding carboxylic acids is 2. The molecular weight excluding hydrogens is 194 g/mol. The lowest BCUT2D eigenvalue weighted by molar-refractivity contribution is -0.107. The molecule has 0 unspecified atom stereocenters. The summed E-state index contributed by atoms with van der Waals surface area (Å²) in [6.07, 6.45) is 2.09. The molecule has 1 rings (SSSR count). The van der Waals surface area contributed by atoms with E-state index in [1.165, 1.54) is 0 Å². The Kier molecular flexibility index (Phi) is 3.45. The molecule has 0 spiro atoms. The molecule has 0 amide bonds. The molecule has 0 radical (unpaired) electrons. The lowest BCUT2D eigenvalue weighted by atomic mass is 10.2. The van der Waals surface area contributed by atoms with Crippen LogP contribution < -0.4 is 0 Å². The summed E-state index contributed by atoms with van der Waals surface area (Å²) < 4.78 is 0. The molecule has 0 aliphatic carbocycles. The van der Waals surface area contributed by atoms with Crippen molar-refractivity contribution in [3.8, 4) is 0 Å². The molecule has 0 saturated heterocycles. The van der Waals surface area contributed by atoms with Crippen LogP contribution in [0.2, 0.25) is 5.28 Å². The highest BCUT2D eigenvalue weighted by molar-refractivity contribution is 6.28. The average Bonchev–Trinajstić information content (AvgIpc) is 2.14. The van der Waals surface area contributed by atoms with E-state index in [-0.39, 0.29) is 29.7 Å². The molecule has 0 N–H and O–H groups in total. The van der Waals surface area contributed by atoms with Crippen LogP contribution in [-0.4, -0.2) is 27.0 Å². The van der Waals surface area contributed by atoms with Gasteiger partial charge < -0.3 is 4.79 Å². The number of carbonyl (C=O) groups is 2. The van der Waals surface area contributed by atoms with Crippen LogP contribution >= 0.6 is 11.6 Å². The summed E-state index contributed by atoms with van der Waals surface area (Å²) in [5, 5.41) is -0.0237. The highest BCUT2D eigenvalue weighted by atomic mass is 35.5. The standard InChI is InChI=1S/C7H6ClN3O2/c8-7-10-4-9-6(11-7)5(13)2-1-3-12/h3-4H,1-2H2. The Morgan fingerprint density at radius 2 is 2.31 bits per heavy atom. The van der Waals surface area contributed by atoms with E-state index in [0.29, 0.717) is 6.29 Å². The van der Waals surface area contributed by atoms with Gasteiger partial charge in [0.05, 0.1) is 0 Å². The minimum atomic E-state index is -0.309. The maximum atomic E-state index is 11.2. The number of rotatable bonds is 4. The Bertz CT molecular complexity index is 329. The van der Waals surface area contributed by atoms with Gasteiger partial charge in [0.1, 0.15) is 12.6 Å². The third-order valence-electron chi connectivity index (χ3n) is 1.28. The normalized spacial score (nSPS) is 9.62. The van der Waals surface area contributed by atoms with Gasteiger partial charge in [0, 0.05) is 12.8 Å². The van der Waals surface area contributed by atoms with Crippen molar-refractivity contribution >= 4 is 23.7 Å². The first-order valence-electron chi connectivity index (χ1n) is 3.55. The maximum Gasteiger partial charge on any atom is 0.226 e. The van der Waals surface area contributed by atoms with Crippen molar-refractivity contribution in [2.24, 2.45) is 0 Å². The Hall–Kier alpha value is -1.36. The molecule has 0 atom stereocenters. The SMILES string of the molecule is O=CCCC(=O)c1ncnc(Cl)n1. The van der Waals surface area contributed by atoms with Gasteiger partial charge in [-0.25, -0.2) is 9.97 Å². The van der Waals surface area contributed by atoms with Gasteiger partial charge in [-0.2, -0.15) is 4.98 Å². The number of ketones is 1. The smallest absolute Gasteiger partial charge is 0.226 e. The van der Waals surface area contributed by atoms with Crippen LogP contribution in [0.3, 0.4) is 0 Å². The zero-order valence-electron chi connectivity index (χ0n) is 6.61. The van der Waals surface area contributed by atoms with E-state index in [1.807, 2.05) is 0 Å². The van der Waals surface area contributed by atoms with Gasteiger partial charge in [-0.15, -0.1) is 0 Å². The molecule has 0 saturated carbocycles. The largest absolute Gasteiger partial charge is 0.303 e. The Labute approximate surface area is 79.2 Å². The first-order valence-corrected chi connectivity index (χ1v) is 3.93. The number of aromatic nitrogens is 3. The van der Waals surface area contributed by atoms with Crippen molar-refractivity contribution in [1.29, 1.82) is 0 Å². The van der Waals surface area contributed by atoms with Gasteiger partial charge in [-0.05, 0) is 11.6 Å². The highest BCUT2D eigenvalue weighted by Crippen LogP contribution is 2.01. The quantitative estimate of drug-likeness (QED) is 0.527. The molecule has 0 bridgehead atoms. The van der Waals surface area contributed by atoms with Gasteiger partial charge >= 0.3 is 0 Å². The predicted octanol–water partition coefficient (Wildman–Crippen LogP) is 0.687. The summed E-state index contributed by atoms with van der Waals surface area (Å²) >= 11 is 5.44. The van der Waals surface area contributed by atoms with Gasteiger partial charge in [0.25, 0.3) is 0 Å². The second-order valence-electron chi connectivity index (χ2n) is 2.21. The van der Waals surface area contributed by atoms with Gasteiger partial charge in [0.2, 0.25) is 11.1 Å². The summed E-state index contributed by atoms with van der Waals surface area (Å²) in [7, 11) is 0. The fourth-order valence-electron chi connectivity index (χ4n) is 0.712. The molecule has 13 heavy (non-hydrogen) atoms. The van der Waals surface area contributed by atoms with Crippen molar-refractivity contribution in [3.63, 3.8) is 0 Å². The maximum absolute atomic E-state index is 11.2. The number of nitrogens with zero attached hydrogens (tertiary/aromatic N) is 3. The molecule has 68 valence electrons. The number of halogens is 1. The molecule has 0 aliphatic rings. The fraction of sp³-hybridized carbons (Fsp3) is 0.286. The molecule has 5 nitrogen and oxygen atoms in total. The summed E-state index contributed by atoms with van der Waals surface area (Å²) in [6.45, 7) is 0. The molecule has 1 aromatic heterocycles. The number of Topliss-reactive ketones (excluding diaryl/α,β-unsaturated/α-hetero) is 1. The first-order chi connectivity index (χ1) is 6.24. The minimum absolute atomic E-state index is 0.00171. The van der Waals surface area contributed by atoms with Gasteiger partial charge in [-0.3, -0.25) is 4.79 Å². The van der Waals surface area contributed by atoms with E-state index in [1.54, 1.807) is 0 Å². The van der Waals surface area contributed by atoms with Crippen LogP contribution in [0.5, 0.6) is 0 Å². The molecular formula is C7H6ClN3O2. The van der Waals surface area contributed by atoms with Crippen molar-refractivity contribution < 1.29 is 9.59 Å². The second kappa shape index (κ2) is 4.61. The van der Waals surface area contributed by atoms with Crippen LogP contribution in [0.1, 0.15) is 23.5 Å². The summed E-state index contributed by atoms with van der Waals surface area (Å²) in [5.41, 5.74) is 0. The Balaban J connectivity index is 2.71. The minimum Gasteiger partial charge on any atom is -0.303 e.